The number of rotatable bonds is 1. The maximum Gasteiger partial charge on any atom is 0.187 e. The topological polar surface area (TPSA) is 59.2 Å². The second-order valence-electron chi connectivity index (χ2n) is 7.30. The summed E-state index contributed by atoms with van der Waals surface area (Å²) in [6.07, 6.45) is 0.580. The molecule has 3 saturated carbocycles. The summed E-state index contributed by atoms with van der Waals surface area (Å²) in [6, 6.07) is 4.97. The molecular formula is C17H12Cl2O4. The van der Waals surface area contributed by atoms with E-state index in [9.17, 15) is 9.59 Å². The highest BCUT2D eigenvalue weighted by molar-refractivity contribution is 6.34. The van der Waals surface area contributed by atoms with Crippen LogP contribution in [0.2, 0.25) is 10.0 Å². The molecule has 6 heteroatoms. The van der Waals surface area contributed by atoms with Crippen molar-refractivity contribution in [3.8, 4) is 0 Å². The predicted octanol–water partition coefficient (Wildman–Crippen LogP) is 2.39. The highest BCUT2D eigenvalue weighted by Gasteiger charge is 2.81. The molecule has 0 N–H and O–H groups in total. The van der Waals surface area contributed by atoms with Gasteiger partial charge in [-0.1, -0.05) is 23.2 Å². The number of carbonyl (C=O) groups excluding carboxylic acids is 2. The zero-order chi connectivity index (χ0) is 15.7. The van der Waals surface area contributed by atoms with Gasteiger partial charge in [-0.15, -0.1) is 0 Å². The van der Waals surface area contributed by atoms with Crippen LogP contribution in [0.15, 0.2) is 18.2 Å². The molecule has 5 aliphatic rings. The standard InChI is InChI=1S/C17H12Cl2O4/c18-5-1-2-9(19)8(3-5)17-15(21)11-7-4-6(13-14(7)22-13)10(11)12(20)16(17)23-17/h1-3,6-7,10-11,13-14,16H,4H2. The van der Waals surface area contributed by atoms with Gasteiger partial charge in [0.2, 0.25) is 0 Å². The summed E-state index contributed by atoms with van der Waals surface area (Å²) in [5.41, 5.74) is -0.681. The summed E-state index contributed by atoms with van der Waals surface area (Å²) in [4.78, 5) is 26.2. The van der Waals surface area contributed by atoms with Gasteiger partial charge in [0.25, 0.3) is 0 Å². The Morgan fingerprint density at radius 3 is 2.61 bits per heavy atom. The molecule has 8 unspecified atom stereocenters. The molecule has 6 rings (SSSR count). The molecule has 2 heterocycles. The number of hydrogen-bond donors (Lipinski definition) is 0. The fraction of sp³-hybridized carbons (Fsp3) is 0.529. The number of carbonyl (C=O) groups is 2. The van der Waals surface area contributed by atoms with Crippen molar-refractivity contribution in [3.63, 3.8) is 0 Å². The van der Waals surface area contributed by atoms with Gasteiger partial charge in [0.15, 0.2) is 23.3 Å². The SMILES string of the molecule is O=C1C2C3CC(C4OC34)C2C(=O)C2(c3cc(Cl)ccc3Cl)OC12. The van der Waals surface area contributed by atoms with Gasteiger partial charge < -0.3 is 9.47 Å². The fourth-order valence-electron chi connectivity index (χ4n) is 5.53. The number of hydrogen-bond acceptors (Lipinski definition) is 4. The Hall–Kier alpha value is -0.940. The third-order valence-electron chi connectivity index (χ3n) is 6.46. The summed E-state index contributed by atoms with van der Waals surface area (Å²) in [5, 5.41) is 0.897. The molecule has 3 aliphatic carbocycles. The Bertz CT molecular complexity index is 808. The molecule has 23 heavy (non-hydrogen) atoms. The summed E-state index contributed by atoms with van der Waals surface area (Å²) >= 11 is 12.4. The van der Waals surface area contributed by atoms with Gasteiger partial charge in [-0.05, 0) is 36.5 Å². The van der Waals surface area contributed by atoms with Crippen LogP contribution in [0.4, 0.5) is 0 Å². The van der Waals surface area contributed by atoms with E-state index in [1.807, 2.05) is 0 Å². The van der Waals surface area contributed by atoms with E-state index in [4.69, 9.17) is 32.7 Å². The predicted molar refractivity (Wildman–Crippen MR) is 80.3 cm³/mol. The zero-order valence-electron chi connectivity index (χ0n) is 11.9. The van der Waals surface area contributed by atoms with Gasteiger partial charge in [-0.25, -0.2) is 0 Å². The second kappa shape index (κ2) is 3.83. The number of ether oxygens (including phenoxy) is 2. The molecule has 2 aliphatic heterocycles. The number of benzene rings is 1. The van der Waals surface area contributed by atoms with Crippen LogP contribution in [0.25, 0.3) is 0 Å². The highest BCUT2D eigenvalue weighted by atomic mass is 35.5. The third-order valence-corrected chi connectivity index (χ3v) is 7.02. The first-order valence-electron chi connectivity index (χ1n) is 7.91. The molecule has 0 spiro atoms. The lowest BCUT2D eigenvalue weighted by atomic mass is 9.64. The van der Waals surface area contributed by atoms with E-state index in [1.54, 1.807) is 18.2 Å². The van der Waals surface area contributed by atoms with Crippen LogP contribution in [-0.2, 0) is 24.7 Å². The van der Waals surface area contributed by atoms with E-state index in [2.05, 4.69) is 0 Å². The van der Waals surface area contributed by atoms with Crippen molar-refractivity contribution in [2.45, 2.75) is 30.3 Å². The monoisotopic (exact) mass is 350 g/mol. The van der Waals surface area contributed by atoms with Crippen LogP contribution in [0.1, 0.15) is 12.0 Å². The average Bonchev–Trinajstić information content (AvgIpc) is 3.42. The number of epoxide rings is 2. The maximum absolute atomic E-state index is 13.3. The number of Topliss-reactive ketones (excluding diaryl/α,β-unsaturated/α-hetero) is 2. The van der Waals surface area contributed by atoms with Gasteiger partial charge >= 0.3 is 0 Å². The Labute approximate surface area is 142 Å². The van der Waals surface area contributed by atoms with Crippen molar-refractivity contribution < 1.29 is 19.1 Å². The summed E-state index contributed by atoms with van der Waals surface area (Å²) in [5.74, 6) is -0.111. The van der Waals surface area contributed by atoms with Crippen molar-refractivity contribution in [1.29, 1.82) is 0 Å². The summed E-state index contributed by atoms with van der Waals surface area (Å²) in [6.45, 7) is 0. The molecule has 1 aromatic carbocycles. The molecule has 4 nitrogen and oxygen atoms in total. The molecule has 0 aromatic heterocycles. The molecule has 0 amide bonds. The average molecular weight is 351 g/mol. The van der Waals surface area contributed by atoms with Gasteiger partial charge in [0.1, 0.15) is 0 Å². The van der Waals surface area contributed by atoms with E-state index < -0.39 is 11.7 Å². The minimum atomic E-state index is -1.21. The van der Waals surface area contributed by atoms with E-state index in [0.717, 1.165) is 6.42 Å². The lowest BCUT2D eigenvalue weighted by Crippen LogP contribution is -2.50. The maximum atomic E-state index is 13.3. The summed E-state index contributed by atoms with van der Waals surface area (Å²) < 4.78 is 11.4. The van der Waals surface area contributed by atoms with Crippen molar-refractivity contribution in [2.24, 2.45) is 23.7 Å². The van der Waals surface area contributed by atoms with Gasteiger partial charge in [0, 0.05) is 27.4 Å². The Balaban J connectivity index is 1.50. The molecule has 8 atom stereocenters. The van der Waals surface area contributed by atoms with Gasteiger partial charge in [-0.2, -0.15) is 0 Å². The van der Waals surface area contributed by atoms with Gasteiger partial charge in [0.05, 0.1) is 12.2 Å². The molecule has 2 saturated heterocycles. The van der Waals surface area contributed by atoms with Crippen LogP contribution >= 0.6 is 23.2 Å². The van der Waals surface area contributed by atoms with E-state index >= 15 is 0 Å². The largest absolute Gasteiger partial charge is 0.369 e. The van der Waals surface area contributed by atoms with Crippen LogP contribution in [0, 0.1) is 23.7 Å². The fourth-order valence-corrected chi connectivity index (χ4v) is 5.96. The van der Waals surface area contributed by atoms with Crippen LogP contribution in [0.3, 0.4) is 0 Å². The first kappa shape index (κ1) is 13.4. The molecule has 2 bridgehead atoms. The molecule has 1 aromatic rings. The minimum Gasteiger partial charge on any atom is -0.369 e. The quantitative estimate of drug-likeness (QED) is 0.729. The van der Waals surface area contributed by atoms with Crippen molar-refractivity contribution >= 4 is 34.8 Å². The van der Waals surface area contributed by atoms with Crippen LogP contribution in [0.5, 0.6) is 0 Å². The Morgan fingerprint density at radius 2 is 1.83 bits per heavy atom. The van der Waals surface area contributed by atoms with Crippen molar-refractivity contribution in [3.05, 3.63) is 33.8 Å². The molecule has 5 fully saturated rings. The lowest BCUT2D eigenvalue weighted by Gasteiger charge is -2.32. The minimum absolute atomic E-state index is 0.00211. The zero-order valence-corrected chi connectivity index (χ0v) is 13.4. The van der Waals surface area contributed by atoms with E-state index in [1.165, 1.54) is 0 Å². The van der Waals surface area contributed by atoms with Gasteiger partial charge in [-0.3, -0.25) is 9.59 Å². The molecule has 118 valence electrons. The van der Waals surface area contributed by atoms with Crippen LogP contribution in [-0.4, -0.2) is 29.9 Å². The van der Waals surface area contributed by atoms with E-state index in [-0.39, 0.29) is 47.4 Å². The third kappa shape index (κ3) is 1.36. The number of halogens is 2. The van der Waals surface area contributed by atoms with Crippen molar-refractivity contribution in [2.75, 3.05) is 0 Å². The normalized spacial score (nSPS) is 51.3. The number of fused-ring (bicyclic) bond motifs is 9. The smallest absolute Gasteiger partial charge is 0.187 e. The highest BCUT2D eigenvalue weighted by Crippen LogP contribution is 2.68. The Morgan fingerprint density at radius 1 is 1.09 bits per heavy atom. The molecule has 0 radical (unpaired) electrons. The van der Waals surface area contributed by atoms with Crippen LogP contribution < -0.4 is 0 Å². The lowest BCUT2D eigenvalue weighted by molar-refractivity contribution is -0.140. The second-order valence-corrected chi connectivity index (χ2v) is 8.15. The number of ketones is 2. The molecular weight excluding hydrogens is 339 g/mol. The Kier molecular flexibility index (Phi) is 2.22. The first-order chi connectivity index (χ1) is 11.0. The van der Waals surface area contributed by atoms with Crippen molar-refractivity contribution in [1.82, 2.24) is 0 Å². The van der Waals surface area contributed by atoms with E-state index in [0.29, 0.717) is 15.6 Å². The first-order valence-corrected chi connectivity index (χ1v) is 8.66. The summed E-state index contributed by atoms with van der Waals surface area (Å²) in [7, 11) is 0.